The number of carbonyl (C=O) groups excluding carboxylic acids is 1. The molecule has 0 saturated heterocycles. The number of phenols is 1. The zero-order chi connectivity index (χ0) is 19.1. The Morgan fingerprint density at radius 3 is 2.63 bits per heavy atom. The second-order valence-corrected chi connectivity index (χ2v) is 6.77. The minimum Gasteiger partial charge on any atom is -0.508 e. The molecule has 0 spiro atoms. The third-order valence-electron chi connectivity index (χ3n) is 4.94. The Hall–Kier alpha value is -3.20. The summed E-state index contributed by atoms with van der Waals surface area (Å²) in [4.78, 5) is 35.8. The normalized spacial score (nSPS) is 20.0. The van der Waals surface area contributed by atoms with E-state index in [1.807, 2.05) is 0 Å². The second-order valence-electron chi connectivity index (χ2n) is 6.77. The summed E-state index contributed by atoms with van der Waals surface area (Å²) in [6, 6.07) is 6.17. The molecule has 1 aromatic carbocycles. The van der Waals surface area contributed by atoms with Crippen LogP contribution in [-0.2, 0) is 0 Å². The van der Waals surface area contributed by atoms with Gasteiger partial charge in [0.15, 0.2) is 17.2 Å². The number of rotatable bonds is 3. The van der Waals surface area contributed by atoms with Gasteiger partial charge in [0.25, 0.3) is 5.91 Å². The number of aliphatic hydroxyl groups is 1. The van der Waals surface area contributed by atoms with Crippen molar-refractivity contribution in [1.29, 1.82) is 0 Å². The van der Waals surface area contributed by atoms with Gasteiger partial charge in [0.2, 0.25) is 0 Å². The van der Waals surface area contributed by atoms with Gasteiger partial charge in [-0.15, -0.1) is 0 Å². The molecule has 1 aliphatic rings. The molecule has 0 radical (unpaired) electrons. The second kappa shape index (κ2) is 6.51. The lowest BCUT2D eigenvalue weighted by atomic mass is 9.93. The quantitative estimate of drug-likeness (QED) is 0.543. The van der Waals surface area contributed by atoms with Crippen molar-refractivity contribution < 1.29 is 15.0 Å². The number of nitrogens with zero attached hydrogens (tertiary/aromatic N) is 3. The molecule has 1 fully saturated rings. The lowest BCUT2D eigenvalue weighted by Crippen LogP contribution is -2.27. The van der Waals surface area contributed by atoms with Gasteiger partial charge in [-0.1, -0.05) is 12.1 Å². The first-order chi connectivity index (χ1) is 12.9. The molecule has 27 heavy (non-hydrogen) atoms. The number of imidazole rings is 1. The summed E-state index contributed by atoms with van der Waals surface area (Å²) in [6.45, 7) is 0. The van der Waals surface area contributed by atoms with Gasteiger partial charge in [0.05, 0.1) is 6.10 Å². The molecular weight excluding hydrogens is 350 g/mol. The number of phenolic OH excluding ortho intramolecular Hbond substituents is 1. The first kappa shape index (κ1) is 17.2. The van der Waals surface area contributed by atoms with Gasteiger partial charge in [-0.3, -0.25) is 9.36 Å². The predicted molar refractivity (Wildman–Crippen MR) is 97.3 cm³/mol. The average molecular weight is 369 g/mol. The highest BCUT2D eigenvalue weighted by Crippen LogP contribution is 2.30. The van der Waals surface area contributed by atoms with Crippen LogP contribution in [0, 0.1) is 0 Å². The van der Waals surface area contributed by atoms with Crippen LogP contribution in [0.4, 0.5) is 0 Å². The molecule has 9 heteroatoms. The number of H-pyrrole nitrogens is 1. The van der Waals surface area contributed by atoms with Gasteiger partial charge in [-0.05, 0) is 37.8 Å². The van der Waals surface area contributed by atoms with Crippen LogP contribution in [0.1, 0.15) is 42.2 Å². The molecule has 1 amide bonds. The highest BCUT2D eigenvalue weighted by atomic mass is 16.3. The van der Waals surface area contributed by atoms with Crippen molar-refractivity contribution in [2.45, 2.75) is 37.8 Å². The third kappa shape index (κ3) is 3.06. The Morgan fingerprint density at radius 2 is 1.96 bits per heavy atom. The Labute approximate surface area is 153 Å². The SMILES string of the molecule is NC(=O)c1nc(-c2cccc(O)c2)nc2c1[nH]c(=O)n2C1CCC(O)CC1. The summed E-state index contributed by atoms with van der Waals surface area (Å²) in [5.41, 5.74) is 5.99. The van der Waals surface area contributed by atoms with Crippen molar-refractivity contribution in [3.8, 4) is 17.1 Å². The summed E-state index contributed by atoms with van der Waals surface area (Å²) in [5, 5.41) is 19.5. The van der Waals surface area contributed by atoms with Gasteiger partial charge in [-0.2, -0.15) is 0 Å². The fraction of sp³-hybridized carbons (Fsp3) is 0.333. The highest BCUT2D eigenvalue weighted by molar-refractivity contribution is 6.01. The van der Waals surface area contributed by atoms with Crippen molar-refractivity contribution >= 4 is 17.1 Å². The molecule has 140 valence electrons. The zero-order valence-corrected chi connectivity index (χ0v) is 14.4. The predicted octanol–water partition coefficient (Wildman–Crippen LogP) is 1.07. The third-order valence-corrected chi connectivity index (χ3v) is 4.94. The Balaban J connectivity index is 1.93. The van der Waals surface area contributed by atoms with Crippen molar-refractivity contribution in [2.24, 2.45) is 5.73 Å². The molecule has 1 saturated carbocycles. The lowest BCUT2D eigenvalue weighted by Gasteiger charge is -2.26. The molecule has 2 heterocycles. The highest BCUT2D eigenvalue weighted by Gasteiger charge is 2.27. The van der Waals surface area contributed by atoms with E-state index in [1.54, 1.807) is 12.1 Å². The molecule has 9 nitrogen and oxygen atoms in total. The van der Waals surface area contributed by atoms with E-state index in [2.05, 4.69) is 15.0 Å². The zero-order valence-electron chi connectivity index (χ0n) is 14.4. The standard InChI is InChI=1S/C18H19N5O4/c19-15(26)13-14-17(22-16(20-13)9-2-1-3-12(25)8-9)23(18(27)21-14)10-4-6-11(24)7-5-10/h1-3,8,10-11,24-25H,4-7H2,(H2,19,26)(H,21,27). The first-order valence-corrected chi connectivity index (χ1v) is 8.73. The van der Waals surface area contributed by atoms with Crippen LogP contribution in [0.15, 0.2) is 29.1 Å². The van der Waals surface area contributed by atoms with Crippen molar-refractivity contribution in [3.05, 3.63) is 40.4 Å². The van der Waals surface area contributed by atoms with Gasteiger partial charge in [0, 0.05) is 11.6 Å². The smallest absolute Gasteiger partial charge is 0.327 e. The summed E-state index contributed by atoms with van der Waals surface area (Å²) < 4.78 is 1.52. The Bertz CT molecular complexity index is 1080. The number of benzene rings is 1. The van der Waals surface area contributed by atoms with Crippen LogP contribution >= 0.6 is 0 Å². The minimum atomic E-state index is -0.781. The van der Waals surface area contributed by atoms with Crippen molar-refractivity contribution in [3.63, 3.8) is 0 Å². The van der Waals surface area contributed by atoms with E-state index in [0.717, 1.165) is 0 Å². The number of carbonyl (C=O) groups is 1. The summed E-state index contributed by atoms with van der Waals surface area (Å²) in [7, 11) is 0. The number of fused-ring (bicyclic) bond motifs is 1. The molecular formula is C18H19N5O4. The van der Waals surface area contributed by atoms with Gasteiger partial charge in [-0.25, -0.2) is 14.8 Å². The van der Waals surface area contributed by atoms with Crippen molar-refractivity contribution in [1.82, 2.24) is 19.5 Å². The monoisotopic (exact) mass is 369 g/mol. The maximum Gasteiger partial charge on any atom is 0.327 e. The molecule has 4 rings (SSSR count). The van der Waals surface area contributed by atoms with E-state index in [0.29, 0.717) is 36.9 Å². The molecule has 0 aliphatic heterocycles. The van der Waals surface area contributed by atoms with E-state index in [4.69, 9.17) is 5.73 Å². The molecule has 5 N–H and O–H groups in total. The van der Waals surface area contributed by atoms with E-state index >= 15 is 0 Å². The number of hydrogen-bond acceptors (Lipinski definition) is 6. The molecule has 2 aromatic heterocycles. The molecule has 0 bridgehead atoms. The van der Waals surface area contributed by atoms with E-state index in [-0.39, 0.29) is 34.9 Å². The number of nitrogens with one attached hydrogen (secondary N) is 1. The maximum absolute atomic E-state index is 12.6. The van der Waals surface area contributed by atoms with Crippen LogP contribution in [0.5, 0.6) is 5.75 Å². The number of aromatic nitrogens is 4. The number of hydrogen-bond donors (Lipinski definition) is 4. The summed E-state index contributed by atoms with van der Waals surface area (Å²) in [5.74, 6) is -0.559. The molecule has 3 aromatic rings. The van der Waals surface area contributed by atoms with E-state index < -0.39 is 11.6 Å². The van der Waals surface area contributed by atoms with Gasteiger partial charge in [0.1, 0.15) is 11.3 Å². The fourth-order valence-electron chi connectivity index (χ4n) is 3.61. The Morgan fingerprint density at radius 1 is 1.22 bits per heavy atom. The van der Waals surface area contributed by atoms with Gasteiger partial charge >= 0.3 is 5.69 Å². The first-order valence-electron chi connectivity index (χ1n) is 8.73. The van der Waals surface area contributed by atoms with E-state index in [9.17, 15) is 19.8 Å². The number of aromatic amines is 1. The van der Waals surface area contributed by atoms with Crippen LogP contribution < -0.4 is 11.4 Å². The maximum atomic E-state index is 12.6. The van der Waals surface area contributed by atoms with E-state index in [1.165, 1.54) is 16.7 Å². The number of primary amides is 1. The van der Waals surface area contributed by atoms with Crippen LogP contribution in [0.3, 0.4) is 0 Å². The number of nitrogens with two attached hydrogens (primary N) is 1. The molecule has 0 atom stereocenters. The fourth-order valence-corrected chi connectivity index (χ4v) is 3.61. The molecule has 1 aliphatic carbocycles. The molecule has 0 unspecified atom stereocenters. The lowest BCUT2D eigenvalue weighted by molar-refractivity contribution is 0.0997. The number of aromatic hydroxyl groups is 1. The summed E-state index contributed by atoms with van der Waals surface area (Å²) in [6.07, 6.45) is 2.09. The number of aliphatic hydroxyl groups excluding tert-OH is 1. The number of amides is 1. The van der Waals surface area contributed by atoms with Crippen LogP contribution in [0.25, 0.3) is 22.6 Å². The van der Waals surface area contributed by atoms with Crippen LogP contribution in [-0.4, -0.2) is 41.7 Å². The summed E-state index contributed by atoms with van der Waals surface area (Å²) >= 11 is 0. The minimum absolute atomic E-state index is 0.0320. The van der Waals surface area contributed by atoms with Gasteiger partial charge < -0.3 is 20.9 Å². The topological polar surface area (TPSA) is 147 Å². The average Bonchev–Trinajstić information content (AvgIpc) is 2.97. The Kier molecular flexibility index (Phi) is 4.15. The van der Waals surface area contributed by atoms with Crippen molar-refractivity contribution in [2.75, 3.05) is 0 Å². The largest absolute Gasteiger partial charge is 0.508 e. The van der Waals surface area contributed by atoms with Crippen LogP contribution in [0.2, 0.25) is 0 Å².